The largest absolute Gasteiger partial charge is 0.491 e. The second-order valence-corrected chi connectivity index (χ2v) is 9.07. The van der Waals surface area contributed by atoms with Crippen molar-refractivity contribution in [3.05, 3.63) is 53.5 Å². The molecule has 2 N–H and O–H groups in total. The quantitative estimate of drug-likeness (QED) is 0.603. The van der Waals surface area contributed by atoms with Gasteiger partial charge in [0.1, 0.15) is 11.3 Å². The predicted molar refractivity (Wildman–Crippen MR) is 121 cm³/mol. The maximum atomic E-state index is 13.2. The Hall–Kier alpha value is -3.46. The number of nitrogens with one attached hydrogen (secondary N) is 2. The highest BCUT2D eigenvalue weighted by Gasteiger charge is 2.35. The van der Waals surface area contributed by atoms with E-state index in [9.17, 15) is 9.59 Å². The van der Waals surface area contributed by atoms with Crippen molar-refractivity contribution in [1.82, 2.24) is 24.8 Å². The standard InChI is InChI=1S/C24H26N6O3/c31-23(19-12-27-30-9-1-6-26-22(19)30)28-20-10-16-13-29(17-4-7-25-8-5-17)24(32)18(16)11-21(20)33-14-15-2-3-15/h1,6,9-12,15,17,25H,2-5,7-8,13-14H2,(H,28,31). The minimum absolute atomic E-state index is 0.0536. The van der Waals surface area contributed by atoms with Crippen molar-refractivity contribution in [2.75, 3.05) is 25.0 Å². The van der Waals surface area contributed by atoms with Crippen LogP contribution < -0.4 is 15.4 Å². The van der Waals surface area contributed by atoms with Crippen molar-refractivity contribution in [1.29, 1.82) is 0 Å². The first-order valence-electron chi connectivity index (χ1n) is 11.6. The fourth-order valence-electron chi connectivity index (χ4n) is 4.66. The molecule has 170 valence electrons. The average molecular weight is 447 g/mol. The minimum Gasteiger partial charge on any atom is -0.491 e. The first-order valence-corrected chi connectivity index (χ1v) is 11.6. The molecule has 9 heteroatoms. The van der Waals surface area contributed by atoms with E-state index in [0.717, 1.165) is 44.3 Å². The van der Waals surface area contributed by atoms with E-state index in [4.69, 9.17) is 4.74 Å². The predicted octanol–water partition coefficient (Wildman–Crippen LogP) is 2.48. The van der Waals surface area contributed by atoms with E-state index in [1.54, 1.807) is 23.0 Å². The molecule has 3 aliphatic rings. The number of hydrogen-bond acceptors (Lipinski definition) is 6. The number of hydrogen-bond donors (Lipinski definition) is 2. The van der Waals surface area contributed by atoms with E-state index in [-0.39, 0.29) is 17.9 Å². The molecule has 2 fully saturated rings. The lowest BCUT2D eigenvalue weighted by Crippen LogP contribution is -2.43. The summed E-state index contributed by atoms with van der Waals surface area (Å²) in [6.07, 6.45) is 9.12. The van der Waals surface area contributed by atoms with Crippen molar-refractivity contribution in [2.45, 2.75) is 38.3 Å². The van der Waals surface area contributed by atoms with Crippen molar-refractivity contribution in [3.63, 3.8) is 0 Å². The van der Waals surface area contributed by atoms with Crippen LogP contribution in [0.5, 0.6) is 5.75 Å². The Bertz CT molecular complexity index is 1230. The number of carbonyl (C=O) groups is 2. The summed E-state index contributed by atoms with van der Waals surface area (Å²) in [5.74, 6) is 0.837. The normalized spacial score (nSPS) is 18.5. The second-order valence-electron chi connectivity index (χ2n) is 9.07. The number of fused-ring (bicyclic) bond motifs is 2. The van der Waals surface area contributed by atoms with Crippen LogP contribution in [-0.2, 0) is 6.54 Å². The Morgan fingerprint density at radius 3 is 2.88 bits per heavy atom. The van der Waals surface area contributed by atoms with Crippen LogP contribution in [0.1, 0.15) is 52.0 Å². The van der Waals surface area contributed by atoms with E-state index >= 15 is 0 Å². The van der Waals surface area contributed by atoms with Crippen molar-refractivity contribution < 1.29 is 14.3 Å². The molecule has 1 saturated carbocycles. The summed E-state index contributed by atoms with van der Waals surface area (Å²) >= 11 is 0. The molecule has 2 amide bonds. The molecule has 33 heavy (non-hydrogen) atoms. The van der Waals surface area contributed by atoms with Gasteiger partial charge >= 0.3 is 0 Å². The highest BCUT2D eigenvalue weighted by molar-refractivity contribution is 6.09. The molecule has 1 aromatic carbocycles. The molecule has 0 spiro atoms. The smallest absolute Gasteiger partial charge is 0.261 e. The monoisotopic (exact) mass is 446 g/mol. The molecule has 4 heterocycles. The molecule has 9 nitrogen and oxygen atoms in total. The Balaban J connectivity index is 1.30. The first kappa shape index (κ1) is 20.2. The van der Waals surface area contributed by atoms with E-state index in [2.05, 4.69) is 20.7 Å². The van der Waals surface area contributed by atoms with E-state index in [1.807, 2.05) is 17.0 Å². The molecule has 1 saturated heterocycles. The molecule has 0 radical (unpaired) electrons. The van der Waals surface area contributed by atoms with Gasteiger partial charge in [0, 0.05) is 30.5 Å². The van der Waals surface area contributed by atoms with Crippen LogP contribution in [0.2, 0.25) is 0 Å². The molecule has 2 aromatic heterocycles. The maximum Gasteiger partial charge on any atom is 0.261 e. The Labute approximate surface area is 191 Å². The van der Waals surface area contributed by atoms with Gasteiger partial charge in [-0.2, -0.15) is 5.10 Å². The van der Waals surface area contributed by atoms with Gasteiger partial charge < -0.3 is 20.3 Å². The zero-order valence-electron chi connectivity index (χ0n) is 18.3. The Morgan fingerprint density at radius 2 is 2.06 bits per heavy atom. The van der Waals surface area contributed by atoms with E-state index < -0.39 is 0 Å². The molecule has 0 atom stereocenters. The highest BCUT2D eigenvalue weighted by atomic mass is 16.5. The van der Waals surface area contributed by atoms with Crippen LogP contribution in [0.4, 0.5) is 5.69 Å². The molecule has 0 unspecified atom stereocenters. The van der Waals surface area contributed by atoms with Crippen molar-refractivity contribution >= 4 is 23.1 Å². The van der Waals surface area contributed by atoms with E-state index in [1.165, 1.54) is 6.20 Å². The summed E-state index contributed by atoms with van der Waals surface area (Å²) in [5, 5.41) is 10.6. The SMILES string of the molecule is O=C(Nc1cc2c(cc1OCC1CC1)C(=O)N(C1CCNCC1)C2)c1cnn2cccnc12. The number of aromatic nitrogens is 3. The Kier molecular flexibility index (Phi) is 4.98. The second kappa shape index (κ2) is 8.15. The van der Waals surface area contributed by atoms with Gasteiger partial charge in [0.2, 0.25) is 0 Å². The van der Waals surface area contributed by atoms with Crippen LogP contribution in [0.25, 0.3) is 5.65 Å². The fourth-order valence-corrected chi connectivity index (χ4v) is 4.66. The van der Waals surface area contributed by atoms with Gasteiger partial charge in [-0.3, -0.25) is 9.59 Å². The summed E-state index contributed by atoms with van der Waals surface area (Å²) in [6.45, 7) is 3.00. The number of anilines is 1. The van der Waals surface area contributed by atoms with Gasteiger partial charge in [0.05, 0.1) is 18.5 Å². The van der Waals surface area contributed by atoms with Crippen LogP contribution in [0.3, 0.4) is 0 Å². The molecular weight excluding hydrogens is 420 g/mol. The molecule has 6 rings (SSSR count). The summed E-state index contributed by atoms with van der Waals surface area (Å²) in [7, 11) is 0. The highest BCUT2D eigenvalue weighted by Crippen LogP contribution is 2.37. The third kappa shape index (κ3) is 3.82. The number of amides is 2. The maximum absolute atomic E-state index is 13.2. The molecular formula is C24H26N6O3. The summed E-state index contributed by atoms with van der Waals surface area (Å²) < 4.78 is 7.66. The lowest BCUT2D eigenvalue weighted by atomic mass is 10.1. The van der Waals surface area contributed by atoms with Crippen molar-refractivity contribution in [2.24, 2.45) is 5.92 Å². The van der Waals surface area contributed by atoms with Gasteiger partial charge in [-0.15, -0.1) is 0 Å². The lowest BCUT2D eigenvalue weighted by molar-refractivity contribution is 0.0668. The third-order valence-corrected chi connectivity index (χ3v) is 6.73. The number of rotatable bonds is 6. The number of benzene rings is 1. The molecule has 0 bridgehead atoms. The molecule has 3 aromatic rings. The zero-order chi connectivity index (χ0) is 22.4. The third-order valence-electron chi connectivity index (χ3n) is 6.73. The van der Waals surface area contributed by atoms with Gasteiger partial charge in [-0.1, -0.05) is 0 Å². The fraction of sp³-hybridized carbons (Fsp3) is 0.417. The van der Waals surface area contributed by atoms with Gasteiger partial charge in [0.25, 0.3) is 11.8 Å². The van der Waals surface area contributed by atoms with Crippen molar-refractivity contribution in [3.8, 4) is 5.75 Å². The van der Waals surface area contributed by atoms with E-state index in [0.29, 0.717) is 47.3 Å². The van der Waals surface area contributed by atoms with Crippen LogP contribution in [0.15, 0.2) is 36.8 Å². The number of carbonyl (C=O) groups excluding carboxylic acids is 2. The first-order chi connectivity index (χ1) is 16.2. The van der Waals surface area contributed by atoms with Crippen LogP contribution in [-0.4, -0.2) is 57.1 Å². The minimum atomic E-state index is -0.306. The molecule has 2 aliphatic heterocycles. The van der Waals surface area contributed by atoms with Gasteiger partial charge in [-0.25, -0.2) is 9.50 Å². The number of ether oxygens (including phenoxy) is 1. The topological polar surface area (TPSA) is 101 Å². The van der Waals surface area contributed by atoms with Gasteiger partial charge in [0.15, 0.2) is 5.65 Å². The summed E-state index contributed by atoms with van der Waals surface area (Å²) in [5.41, 5.74) is 3.05. The molecule has 1 aliphatic carbocycles. The summed E-state index contributed by atoms with van der Waals surface area (Å²) in [6, 6.07) is 5.71. The van der Waals surface area contributed by atoms with Gasteiger partial charge in [-0.05, 0) is 68.5 Å². The zero-order valence-corrected chi connectivity index (χ0v) is 18.3. The average Bonchev–Trinajstić information content (AvgIpc) is 3.49. The Morgan fingerprint density at radius 1 is 1.21 bits per heavy atom. The summed E-state index contributed by atoms with van der Waals surface area (Å²) in [4.78, 5) is 32.6. The van der Waals surface area contributed by atoms with Crippen LogP contribution >= 0.6 is 0 Å². The number of piperidine rings is 1. The lowest BCUT2D eigenvalue weighted by Gasteiger charge is -2.31. The van der Waals surface area contributed by atoms with Crippen LogP contribution in [0, 0.1) is 5.92 Å². The number of nitrogens with zero attached hydrogens (tertiary/aromatic N) is 4.